The molecule has 2 rings (SSSR count). The fraction of sp³-hybridized carbons (Fsp3) is 0.647. The van der Waals surface area contributed by atoms with E-state index in [-0.39, 0.29) is 0 Å². The summed E-state index contributed by atoms with van der Waals surface area (Å²) in [6.07, 6.45) is 2.69. The van der Waals surface area contributed by atoms with Crippen LogP contribution in [-0.2, 0) is 6.54 Å². The third-order valence-corrected chi connectivity index (χ3v) is 4.36. The van der Waals surface area contributed by atoms with Gasteiger partial charge in [0.05, 0.1) is 0 Å². The average molecular weight is 260 g/mol. The first-order valence-electron chi connectivity index (χ1n) is 7.67. The Balaban J connectivity index is 2.01. The Morgan fingerprint density at radius 2 is 1.89 bits per heavy atom. The van der Waals surface area contributed by atoms with Gasteiger partial charge in [-0.2, -0.15) is 0 Å². The van der Waals surface area contributed by atoms with E-state index in [1.54, 1.807) is 0 Å². The molecule has 106 valence electrons. The number of benzene rings is 1. The zero-order chi connectivity index (χ0) is 13.8. The molecule has 1 aromatic rings. The number of anilines is 1. The van der Waals surface area contributed by atoms with E-state index in [1.165, 1.54) is 30.6 Å². The highest BCUT2D eigenvalue weighted by atomic mass is 15.2. The Morgan fingerprint density at radius 3 is 2.53 bits per heavy atom. The maximum Gasteiger partial charge on any atom is 0.0368 e. The third kappa shape index (κ3) is 3.73. The molecular weight excluding hydrogens is 232 g/mol. The van der Waals surface area contributed by atoms with E-state index in [0.29, 0.717) is 12.1 Å². The molecule has 1 aliphatic heterocycles. The molecule has 1 N–H and O–H groups in total. The molecule has 2 nitrogen and oxygen atoms in total. The SMILES string of the molecule is CC(C)NCc1ccc(N2CCCC(C)C2C)cc1. The lowest BCUT2D eigenvalue weighted by Gasteiger charge is -2.39. The van der Waals surface area contributed by atoms with Crippen LogP contribution in [0, 0.1) is 5.92 Å². The van der Waals surface area contributed by atoms with E-state index >= 15 is 0 Å². The molecule has 1 aromatic carbocycles. The van der Waals surface area contributed by atoms with Crippen LogP contribution in [0.4, 0.5) is 5.69 Å². The van der Waals surface area contributed by atoms with Crippen molar-refractivity contribution in [3.63, 3.8) is 0 Å². The van der Waals surface area contributed by atoms with Gasteiger partial charge in [-0.25, -0.2) is 0 Å². The Kier molecular flexibility index (Phi) is 4.87. The number of hydrogen-bond donors (Lipinski definition) is 1. The Morgan fingerprint density at radius 1 is 1.21 bits per heavy atom. The van der Waals surface area contributed by atoms with Gasteiger partial charge in [0.1, 0.15) is 0 Å². The van der Waals surface area contributed by atoms with Gasteiger partial charge in [-0.05, 0) is 43.4 Å². The quantitative estimate of drug-likeness (QED) is 0.885. The topological polar surface area (TPSA) is 15.3 Å². The molecular formula is C17H28N2. The minimum Gasteiger partial charge on any atom is -0.369 e. The summed E-state index contributed by atoms with van der Waals surface area (Å²) >= 11 is 0. The van der Waals surface area contributed by atoms with Crippen molar-refractivity contribution in [1.82, 2.24) is 5.32 Å². The number of hydrogen-bond acceptors (Lipinski definition) is 2. The van der Waals surface area contributed by atoms with Crippen molar-refractivity contribution < 1.29 is 0 Å². The van der Waals surface area contributed by atoms with Gasteiger partial charge in [-0.3, -0.25) is 0 Å². The van der Waals surface area contributed by atoms with Crippen LogP contribution in [0.2, 0.25) is 0 Å². The second-order valence-electron chi connectivity index (χ2n) is 6.26. The minimum atomic E-state index is 0.544. The molecule has 2 unspecified atom stereocenters. The zero-order valence-corrected chi connectivity index (χ0v) is 12.8. The van der Waals surface area contributed by atoms with Gasteiger partial charge in [0.15, 0.2) is 0 Å². The average Bonchev–Trinajstić information content (AvgIpc) is 2.40. The predicted octanol–water partition coefficient (Wildman–Crippen LogP) is 3.81. The summed E-state index contributed by atoms with van der Waals surface area (Å²) in [5, 5.41) is 3.46. The van der Waals surface area contributed by atoms with Gasteiger partial charge in [-0.15, -0.1) is 0 Å². The van der Waals surface area contributed by atoms with Gasteiger partial charge in [0.2, 0.25) is 0 Å². The fourth-order valence-electron chi connectivity index (χ4n) is 2.83. The molecule has 0 aliphatic carbocycles. The molecule has 2 heteroatoms. The molecule has 1 fully saturated rings. The summed E-state index contributed by atoms with van der Waals surface area (Å²) < 4.78 is 0. The maximum absolute atomic E-state index is 3.46. The summed E-state index contributed by atoms with van der Waals surface area (Å²) in [6.45, 7) is 11.3. The summed E-state index contributed by atoms with van der Waals surface area (Å²) in [7, 11) is 0. The molecule has 0 spiro atoms. The van der Waals surface area contributed by atoms with Gasteiger partial charge in [0, 0.05) is 30.9 Å². The van der Waals surface area contributed by atoms with Crippen LogP contribution < -0.4 is 10.2 Å². The van der Waals surface area contributed by atoms with E-state index in [2.05, 4.69) is 62.2 Å². The number of nitrogens with zero attached hydrogens (tertiary/aromatic N) is 1. The molecule has 0 bridgehead atoms. The van der Waals surface area contributed by atoms with Crippen LogP contribution >= 0.6 is 0 Å². The maximum atomic E-state index is 3.46. The predicted molar refractivity (Wildman–Crippen MR) is 83.6 cm³/mol. The lowest BCUT2D eigenvalue weighted by atomic mass is 9.91. The molecule has 0 radical (unpaired) electrons. The van der Waals surface area contributed by atoms with E-state index in [4.69, 9.17) is 0 Å². The number of nitrogens with one attached hydrogen (secondary N) is 1. The highest BCUT2D eigenvalue weighted by molar-refractivity contribution is 5.49. The Bertz CT molecular complexity index is 383. The molecule has 2 atom stereocenters. The lowest BCUT2D eigenvalue weighted by molar-refractivity contribution is 0.363. The molecule has 1 saturated heterocycles. The van der Waals surface area contributed by atoms with Crippen molar-refractivity contribution in [2.24, 2.45) is 5.92 Å². The van der Waals surface area contributed by atoms with Crippen LogP contribution in [0.3, 0.4) is 0 Å². The van der Waals surface area contributed by atoms with Gasteiger partial charge in [0.25, 0.3) is 0 Å². The fourth-order valence-corrected chi connectivity index (χ4v) is 2.83. The van der Waals surface area contributed by atoms with Crippen molar-refractivity contribution in [2.75, 3.05) is 11.4 Å². The number of rotatable bonds is 4. The smallest absolute Gasteiger partial charge is 0.0368 e. The van der Waals surface area contributed by atoms with Crippen LogP contribution in [0.15, 0.2) is 24.3 Å². The third-order valence-electron chi connectivity index (χ3n) is 4.36. The van der Waals surface area contributed by atoms with Crippen molar-refractivity contribution in [2.45, 2.75) is 59.2 Å². The van der Waals surface area contributed by atoms with Crippen LogP contribution in [-0.4, -0.2) is 18.6 Å². The van der Waals surface area contributed by atoms with Crippen LogP contribution in [0.25, 0.3) is 0 Å². The highest BCUT2D eigenvalue weighted by Crippen LogP contribution is 2.28. The molecule has 0 amide bonds. The van der Waals surface area contributed by atoms with Crippen LogP contribution in [0.1, 0.15) is 46.1 Å². The van der Waals surface area contributed by atoms with Gasteiger partial charge in [-0.1, -0.05) is 32.9 Å². The summed E-state index contributed by atoms with van der Waals surface area (Å²) in [5.74, 6) is 0.802. The van der Waals surface area contributed by atoms with E-state index < -0.39 is 0 Å². The minimum absolute atomic E-state index is 0.544. The van der Waals surface area contributed by atoms with E-state index in [9.17, 15) is 0 Å². The van der Waals surface area contributed by atoms with Crippen molar-refractivity contribution in [3.05, 3.63) is 29.8 Å². The number of piperidine rings is 1. The molecule has 0 saturated carbocycles. The van der Waals surface area contributed by atoms with Gasteiger partial charge < -0.3 is 10.2 Å². The second-order valence-corrected chi connectivity index (χ2v) is 6.26. The monoisotopic (exact) mass is 260 g/mol. The van der Waals surface area contributed by atoms with Gasteiger partial charge >= 0.3 is 0 Å². The Hall–Kier alpha value is -1.02. The summed E-state index contributed by atoms with van der Waals surface area (Å²) in [5.41, 5.74) is 2.75. The standard InChI is InChI=1S/C17H28N2/c1-13(2)18-12-16-7-9-17(10-8-16)19-11-5-6-14(3)15(19)4/h7-10,13-15,18H,5-6,11-12H2,1-4H3. The summed E-state index contributed by atoms with van der Waals surface area (Å²) in [4.78, 5) is 2.56. The first-order valence-corrected chi connectivity index (χ1v) is 7.67. The van der Waals surface area contributed by atoms with Crippen molar-refractivity contribution >= 4 is 5.69 Å². The first kappa shape index (κ1) is 14.4. The molecule has 19 heavy (non-hydrogen) atoms. The van der Waals surface area contributed by atoms with Crippen molar-refractivity contribution in [1.29, 1.82) is 0 Å². The summed E-state index contributed by atoms with van der Waals surface area (Å²) in [6, 6.07) is 10.3. The molecule has 0 aromatic heterocycles. The zero-order valence-electron chi connectivity index (χ0n) is 12.8. The lowest BCUT2D eigenvalue weighted by Crippen LogP contribution is -2.42. The second kappa shape index (κ2) is 6.42. The highest BCUT2D eigenvalue weighted by Gasteiger charge is 2.24. The van der Waals surface area contributed by atoms with Crippen LogP contribution in [0.5, 0.6) is 0 Å². The van der Waals surface area contributed by atoms with Crippen molar-refractivity contribution in [3.8, 4) is 0 Å². The molecule has 1 aliphatic rings. The first-order chi connectivity index (χ1) is 9.08. The normalized spacial score (nSPS) is 23.9. The molecule has 1 heterocycles. The van der Waals surface area contributed by atoms with E-state index in [1.807, 2.05) is 0 Å². The Labute approximate surface area is 118 Å². The largest absolute Gasteiger partial charge is 0.369 e. The van der Waals surface area contributed by atoms with E-state index in [0.717, 1.165) is 12.5 Å².